The van der Waals surface area contributed by atoms with Crippen molar-refractivity contribution in [2.75, 3.05) is 37.8 Å². The van der Waals surface area contributed by atoms with Crippen LogP contribution in [0, 0.1) is 0 Å². The van der Waals surface area contributed by atoms with Crippen molar-refractivity contribution in [1.82, 2.24) is 14.9 Å². The number of hydrogen-bond donors (Lipinski definition) is 0. The van der Waals surface area contributed by atoms with Crippen molar-refractivity contribution in [1.29, 1.82) is 0 Å². The van der Waals surface area contributed by atoms with Crippen molar-refractivity contribution in [3.05, 3.63) is 41.5 Å². The second-order valence-corrected chi connectivity index (χ2v) is 11.1. The standard InChI is InChI=1S/C23H30N4OS2/c1-5-23(6-2)16-27(12-13-30(23)28)21-20-18(17-10-8-7-9-11-17)15-29-22(20)25-19(24-21)14-26(3)4/h7-11,15H,5-6,12-14,16H2,1-4H3. The number of fused-ring (bicyclic) bond motifs is 1. The zero-order chi connectivity index (χ0) is 21.3. The molecule has 1 aromatic carbocycles. The monoisotopic (exact) mass is 442 g/mol. The van der Waals surface area contributed by atoms with E-state index in [0.717, 1.165) is 47.8 Å². The van der Waals surface area contributed by atoms with Crippen molar-refractivity contribution in [2.45, 2.75) is 38.0 Å². The normalized spacial score (nSPS) is 19.0. The van der Waals surface area contributed by atoms with Gasteiger partial charge in [-0.25, -0.2) is 9.97 Å². The third-order valence-electron chi connectivity index (χ3n) is 6.10. The first-order valence-electron chi connectivity index (χ1n) is 10.6. The zero-order valence-electron chi connectivity index (χ0n) is 18.2. The van der Waals surface area contributed by atoms with Gasteiger partial charge in [-0.3, -0.25) is 4.21 Å². The predicted molar refractivity (Wildman–Crippen MR) is 129 cm³/mol. The largest absolute Gasteiger partial charge is 0.354 e. The molecular weight excluding hydrogens is 412 g/mol. The molecule has 1 saturated heterocycles. The Kier molecular flexibility index (Phi) is 6.23. The number of anilines is 1. The van der Waals surface area contributed by atoms with Crippen LogP contribution < -0.4 is 4.90 Å². The minimum atomic E-state index is -0.802. The number of aromatic nitrogens is 2. The van der Waals surface area contributed by atoms with Crippen molar-refractivity contribution >= 4 is 38.2 Å². The Morgan fingerprint density at radius 1 is 1.17 bits per heavy atom. The van der Waals surface area contributed by atoms with Gasteiger partial charge in [0.2, 0.25) is 0 Å². The summed E-state index contributed by atoms with van der Waals surface area (Å²) in [7, 11) is 3.28. The molecule has 0 spiro atoms. The maximum Gasteiger partial charge on any atom is 0.146 e. The van der Waals surface area contributed by atoms with E-state index in [1.807, 2.05) is 20.2 Å². The van der Waals surface area contributed by atoms with E-state index in [-0.39, 0.29) is 4.75 Å². The summed E-state index contributed by atoms with van der Waals surface area (Å²) in [5.41, 5.74) is 2.37. The third kappa shape index (κ3) is 3.90. The van der Waals surface area contributed by atoms with Gasteiger partial charge in [0.15, 0.2) is 0 Å². The molecule has 0 bridgehead atoms. The average molecular weight is 443 g/mol. The summed E-state index contributed by atoms with van der Waals surface area (Å²) in [6.07, 6.45) is 1.83. The summed E-state index contributed by atoms with van der Waals surface area (Å²) in [5.74, 6) is 2.54. The summed E-state index contributed by atoms with van der Waals surface area (Å²) < 4.78 is 12.8. The highest BCUT2D eigenvalue weighted by Gasteiger charge is 2.40. The van der Waals surface area contributed by atoms with E-state index in [9.17, 15) is 4.21 Å². The quantitative estimate of drug-likeness (QED) is 0.561. The van der Waals surface area contributed by atoms with E-state index < -0.39 is 10.8 Å². The van der Waals surface area contributed by atoms with Crippen LogP contribution >= 0.6 is 11.3 Å². The molecule has 4 rings (SSSR count). The summed E-state index contributed by atoms with van der Waals surface area (Å²) in [5, 5.41) is 3.33. The molecule has 0 aliphatic carbocycles. The van der Waals surface area contributed by atoms with Crippen LogP contribution in [0.2, 0.25) is 0 Å². The van der Waals surface area contributed by atoms with Gasteiger partial charge in [0.05, 0.1) is 16.7 Å². The van der Waals surface area contributed by atoms with Crippen LogP contribution in [0.15, 0.2) is 35.7 Å². The minimum Gasteiger partial charge on any atom is -0.354 e. The first-order chi connectivity index (χ1) is 14.5. The zero-order valence-corrected chi connectivity index (χ0v) is 19.9. The van der Waals surface area contributed by atoms with Crippen LogP contribution in [0.4, 0.5) is 5.82 Å². The fourth-order valence-electron chi connectivity index (χ4n) is 4.26. The second kappa shape index (κ2) is 8.73. The van der Waals surface area contributed by atoms with Gasteiger partial charge in [0.1, 0.15) is 16.5 Å². The lowest BCUT2D eigenvalue weighted by atomic mass is 10.0. The Hall–Kier alpha value is -1.83. The lowest BCUT2D eigenvalue weighted by Gasteiger charge is -2.42. The van der Waals surface area contributed by atoms with Crippen LogP contribution in [0.1, 0.15) is 32.5 Å². The van der Waals surface area contributed by atoms with Gasteiger partial charge in [-0.2, -0.15) is 0 Å². The average Bonchev–Trinajstić information content (AvgIpc) is 3.18. The fraction of sp³-hybridized carbons (Fsp3) is 0.478. The minimum absolute atomic E-state index is 0.167. The van der Waals surface area contributed by atoms with Gasteiger partial charge in [-0.15, -0.1) is 11.3 Å². The molecule has 1 fully saturated rings. The van der Waals surface area contributed by atoms with Crippen molar-refractivity contribution < 1.29 is 4.21 Å². The molecule has 0 N–H and O–H groups in total. The summed E-state index contributed by atoms with van der Waals surface area (Å²) in [6, 6.07) is 10.5. The van der Waals surface area contributed by atoms with E-state index in [0.29, 0.717) is 12.3 Å². The molecule has 0 saturated carbocycles. The van der Waals surface area contributed by atoms with Gasteiger partial charge >= 0.3 is 0 Å². The SMILES string of the molecule is CCC1(CC)CN(c2nc(CN(C)C)nc3scc(-c4ccccc4)c23)CCS1=O. The molecule has 7 heteroatoms. The molecule has 0 amide bonds. The molecule has 2 aromatic heterocycles. The van der Waals surface area contributed by atoms with Gasteiger partial charge in [0.25, 0.3) is 0 Å². The van der Waals surface area contributed by atoms with Crippen LogP contribution in [0.3, 0.4) is 0 Å². The molecule has 30 heavy (non-hydrogen) atoms. The number of thiophene rings is 1. The third-order valence-corrected chi connectivity index (χ3v) is 9.20. The molecule has 1 aliphatic heterocycles. The van der Waals surface area contributed by atoms with E-state index >= 15 is 0 Å². The first-order valence-corrected chi connectivity index (χ1v) is 12.8. The van der Waals surface area contributed by atoms with Crippen LogP contribution in [-0.2, 0) is 17.3 Å². The molecular formula is C23H30N4OS2. The van der Waals surface area contributed by atoms with Crippen LogP contribution in [0.5, 0.6) is 0 Å². The maximum absolute atomic E-state index is 12.9. The van der Waals surface area contributed by atoms with Gasteiger partial charge in [-0.05, 0) is 32.5 Å². The Morgan fingerprint density at radius 2 is 1.90 bits per heavy atom. The number of benzene rings is 1. The predicted octanol–water partition coefficient (Wildman–Crippen LogP) is 4.55. The van der Waals surface area contributed by atoms with Crippen molar-refractivity contribution in [3.63, 3.8) is 0 Å². The highest BCUT2D eigenvalue weighted by Crippen LogP contribution is 2.40. The molecule has 1 unspecified atom stereocenters. The first kappa shape index (κ1) is 21.4. The summed E-state index contributed by atoms with van der Waals surface area (Å²) in [4.78, 5) is 15.5. The van der Waals surface area contributed by atoms with Gasteiger partial charge in [-0.1, -0.05) is 44.2 Å². The van der Waals surface area contributed by atoms with Crippen molar-refractivity contribution in [2.24, 2.45) is 0 Å². The molecule has 1 atom stereocenters. The Balaban J connectivity index is 1.88. The fourth-order valence-corrected chi connectivity index (χ4v) is 6.99. The maximum atomic E-state index is 12.9. The van der Waals surface area contributed by atoms with Crippen molar-refractivity contribution in [3.8, 4) is 11.1 Å². The molecule has 3 heterocycles. The smallest absolute Gasteiger partial charge is 0.146 e. The molecule has 1 aliphatic rings. The summed E-state index contributed by atoms with van der Waals surface area (Å²) >= 11 is 1.68. The highest BCUT2D eigenvalue weighted by atomic mass is 32.2. The Bertz CT molecular complexity index is 1040. The highest BCUT2D eigenvalue weighted by molar-refractivity contribution is 7.86. The van der Waals surface area contributed by atoms with Gasteiger partial charge < -0.3 is 9.80 Å². The van der Waals surface area contributed by atoms with Crippen LogP contribution in [0.25, 0.3) is 21.3 Å². The van der Waals surface area contributed by atoms with E-state index in [1.54, 1.807) is 11.3 Å². The topological polar surface area (TPSA) is 49.3 Å². The summed E-state index contributed by atoms with van der Waals surface area (Å²) in [6.45, 7) is 6.58. The Labute approximate surface area is 185 Å². The lowest BCUT2D eigenvalue weighted by molar-refractivity contribution is 0.391. The molecule has 0 radical (unpaired) electrons. The van der Waals surface area contributed by atoms with E-state index in [2.05, 4.69) is 53.3 Å². The van der Waals surface area contributed by atoms with Gasteiger partial charge in [0, 0.05) is 40.6 Å². The van der Waals surface area contributed by atoms with E-state index in [4.69, 9.17) is 9.97 Å². The molecule has 5 nitrogen and oxygen atoms in total. The van der Waals surface area contributed by atoms with E-state index in [1.165, 1.54) is 11.1 Å². The number of rotatable bonds is 6. The molecule has 3 aromatic rings. The van der Waals surface area contributed by atoms with Crippen LogP contribution in [-0.4, -0.2) is 56.8 Å². The number of nitrogens with zero attached hydrogens (tertiary/aromatic N) is 4. The number of hydrogen-bond acceptors (Lipinski definition) is 6. The lowest BCUT2D eigenvalue weighted by Crippen LogP contribution is -2.53. The molecule has 160 valence electrons. The Morgan fingerprint density at radius 3 is 2.57 bits per heavy atom. The second-order valence-electron chi connectivity index (χ2n) is 8.26.